The molecule has 0 aromatic carbocycles. The van der Waals surface area contributed by atoms with Gasteiger partial charge in [0.2, 0.25) is 0 Å². The van der Waals surface area contributed by atoms with Crippen LogP contribution in [-0.2, 0) is 6.54 Å². The lowest BCUT2D eigenvalue weighted by atomic mass is 9.80. The van der Waals surface area contributed by atoms with E-state index in [9.17, 15) is 5.11 Å². The van der Waals surface area contributed by atoms with Crippen LogP contribution >= 0.6 is 27.3 Å². The van der Waals surface area contributed by atoms with E-state index in [4.69, 9.17) is 0 Å². The van der Waals surface area contributed by atoms with Crippen LogP contribution in [0.5, 0.6) is 0 Å². The van der Waals surface area contributed by atoms with Gasteiger partial charge in [-0.05, 0) is 41.3 Å². The SMILES string of the molecule is OC1(CNCc2cc(Br)cs2)CCC1. The van der Waals surface area contributed by atoms with Crippen molar-refractivity contribution in [2.45, 2.75) is 31.4 Å². The first kappa shape index (κ1) is 10.6. The molecule has 1 aromatic rings. The Morgan fingerprint density at radius 1 is 1.57 bits per heavy atom. The van der Waals surface area contributed by atoms with Gasteiger partial charge in [-0.1, -0.05) is 0 Å². The summed E-state index contributed by atoms with van der Waals surface area (Å²) in [5, 5.41) is 15.2. The number of aliphatic hydroxyl groups is 1. The molecule has 1 aliphatic carbocycles. The summed E-state index contributed by atoms with van der Waals surface area (Å²) in [6, 6.07) is 2.11. The first-order chi connectivity index (χ1) is 6.68. The Bertz CT molecular complexity index is 309. The minimum absolute atomic E-state index is 0.408. The highest BCUT2D eigenvalue weighted by atomic mass is 79.9. The minimum Gasteiger partial charge on any atom is -0.389 e. The Morgan fingerprint density at radius 2 is 2.36 bits per heavy atom. The number of hydrogen-bond donors (Lipinski definition) is 2. The second kappa shape index (κ2) is 4.31. The van der Waals surface area contributed by atoms with Gasteiger partial charge in [0.25, 0.3) is 0 Å². The fourth-order valence-electron chi connectivity index (χ4n) is 1.63. The van der Waals surface area contributed by atoms with E-state index in [-0.39, 0.29) is 0 Å². The molecule has 1 fully saturated rings. The van der Waals surface area contributed by atoms with Crippen LogP contribution in [0, 0.1) is 0 Å². The van der Waals surface area contributed by atoms with Gasteiger partial charge in [-0.25, -0.2) is 0 Å². The van der Waals surface area contributed by atoms with E-state index in [2.05, 4.69) is 32.7 Å². The number of rotatable bonds is 4. The maximum Gasteiger partial charge on any atom is 0.0771 e. The number of halogens is 1. The van der Waals surface area contributed by atoms with E-state index in [0.717, 1.165) is 30.4 Å². The smallest absolute Gasteiger partial charge is 0.0771 e. The first-order valence-electron chi connectivity index (χ1n) is 4.84. The van der Waals surface area contributed by atoms with E-state index in [0.29, 0.717) is 0 Å². The molecule has 0 radical (unpaired) electrons. The molecule has 4 heteroatoms. The maximum atomic E-state index is 9.82. The van der Waals surface area contributed by atoms with Crippen LogP contribution in [0.4, 0.5) is 0 Å². The molecular formula is C10H14BrNOS. The summed E-state index contributed by atoms with van der Waals surface area (Å²) in [6.45, 7) is 1.58. The summed E-state index contributed by atoms with van der Waals surface area (Å²) in [5.41, 5.74) is -0.408. The van der Waals surface area contributed by atoms with Crippen LogP contribution < -0.4 is 5.32 Å². The first-order valence-corrected chi connectivity index (χ1v) is 6.51. The fourth-order valence-corrected chi connectivity index (χ4v) is 3.05. The zero-order valence-electron chi connectivity index (χ0n) is 7.92. The molecule has 1 aromatic heterocycles. The molecule has 0 amide bonds. The summed E-state index contributed by atoms with van der Waals surface area (Å²) in [7, 11) is 0. The van der Waals surface area contributed by atoms with Gasteiger partial charge in [-0.3, -0.25) is 0 Å². The number of thiophene rings is 1. The van der Waals surface area contributed by atoms with Gasteiger partial charge >= 0.3 is 0 Å². The topological polar surface area (TPSA) is 32.3 Å². The molecule has 0 aliphatic heterocycles. The summed E-state index contributed by atoms with van der Waals surface area (Å²) < 4.78 is 1.14. The standard InChI is InChI=1S/C10H14BrNOS/c11-8-4-9(14-6-8)5-12-7-10(13)2-1-3-10/h4,6,12-13H,1-3,5,7H2. The van der Waals surface area contributed by atoms with Gasteiger partial charge in [-0.2, -0.15) is 0 Å². The third-order valence-electron chi connectivity index (χ3n) is 2.66. The van der Waals surface area contributed by atoms with Gasteiger partial charge in [0.15, 0.2) is 0 Å². The Kier molecular flexibility index (Phi) is 3.27. The molecule has 78 valence electrons. The summed E-state index contributed by atoms with van der Waals surface area (Å²) in [4.78, 5) is 1.31. The zero-order valence-corrected chi connectivity index (χ0v) is 10.3. The molecule has 0 bridgehead atoms. The molecule has 2 nitrogen and oxygen atoms in total. The van der Waals surface area contributed by atoms with E-state index >= 15 is 0 Å². The average Bonchev–Trinajstić information content (AvgIpc) is 2.49. The second-order valence-corrected chi connectivity index (χ2v) is 5.82. The molecule has 0 saturated heterocycles. The number of nitrogens with one attached hydrogen (secondary N) is 1. The normalized spacial score (nSPS) is 19.3. The van der Waals surface area contributed by atoms with Crippen LogP contribution in [0.1, 0.15) is 24.1 Å². The highest BCUT2D eigenvalue weighted by Gasteiger charge is 2.33. The van der Waals surface area contributed by atoms with Crippen LogP contribution in [0.2, 0.25) is 0 Å². The monoisotopic (exact) mass is 275 g/mol. The van der Waals surface area contributed by atoms with E-state index in [1.165, 1.54) is 11.3 Å². The largest absolute Gasteiger partial charge is 0.389 e. The van der Waals surface area contributed by atoms with Gasteiger partial charge in [-0.15, -0.1) is 11.3 Å². The summed E-state index contributed by atoms with van der Waals surface area (Å²) in [6.07, 6.45) is 3.07. The molecule has 0 unspecified atom stereocenters. The third-order valence-corrected chi connectivity index (χ3v) is 4.36. The molecule has 14 heavy (non-hydrogen) atoms. The van der Waals surface area contributed by atoms with Crippen molar-refractivity contribution in [2.24, 2.45) is 0 Å². The van der Waals surface area contributed by atoms with Crippen molar-refractivity contribution in [1.29, 1.82) is 0 Å². The molecule has 1 heterocycles. The third kappa shape index (κ3) is 2.57. The van der Waals surface area contributed by atoms with Gasteiger partial charge < -0.3 is 10.4 Å². The minimum atomic E-state index is -0.408. The Hall–Kier alpha value is 0.1000. The van der Waals surface area contributed by atoms with E-state index < -0.39 is 5.60 Å². The van der Waals surface area contributed by atoms with Crippen molar-refractivity contribution in [1.82, 2.24) is 5.32 Å². The van der Waals surface area contributed by atoms with Crippen molar-refractivity contribution >= 4 is 27.3 Å². The molecule has 2 rings (SSSR count). The van der Waals surface area contributed by atoms with Gasteiger partial charge in [0.05, 0.1) is 5.60 Å². The van der Waals surface area contributed by atoms with E-state index in [1.54, 1.807) is 11.3 Å². The van der Waals surface area contributed by atoms with Gasteiger partial charge in [0, 0.05) is 27.8 Å². The Balaban J connectivity index is 1.72. The zero-order chi connectivity index (χ0) is 10.0. The Morgan fingerprint density at radius 3 is 2.86 bits per heavy atom. The van der Waals surface area contributed by atoms with Crippen LogP contribution in [0.25, 0.3) is 0 Å². The maximum absolute atomic E-state index is 9.82. The quantitative estimate of drug-likeness (QED) is 0.885. The average molecular weight is 276 g/mol. The lowest BCUT2D eigenvalue weighted by Crippen LogP contribution is -2.45. The predicted molar refractivity (Wildman–Crippen MR) is 62.5 cm³/mol. The lowest BCUT2D eigenvalue weighted by molar-refractivity contribution is -0.0314. The lowest BCUT2D eigenvalue weighted by Gasteiger charge is -2.36. The van der Waals surface area contributed by atoms with Crippen molar-refractivity contribution in [3.05, 3.63) is 20.8 Å². The molecule has 0 atom stereocenters. The summed E-state index contributed by atoms with van der Waals surface area (Å²) in [5.74, 6) is 0. The number of hydrogen-bond acceptors (Lipinski definition) is 3. The molecule has 2 N–H and O–H groups in total. The van der Waals surface area contributed by atoms with Crippen LogP contribution in [-0.4, -0.2) is 17.3 Å². The van der Waals surface area contributed by atoms with Crippen LogP contribution in [0.15, 0.2) is 15.9 Å². The van der Waals surface area contributed by atoms with Crippen molar-refractivity contribution in [3.63, 3.8) is 0 Å². The highest BCUT2D eigenvalue weighted by molar-refractivity contribution is 9.10. The molecule has 1 aliphatic rings. The Labute approximate surface area is 96.5 Å². The van der Waals surface area contributed by atoms with Crippen LogP contribution in [0.3, 0.4) is 0 Å². The van der Waals surface area contributed by atoms with Crippen molar-refractivity contribution < 1.29 is 5.11 Å². The second-order valence-electron chi connectivity index (χ2n) is 3.91. The van der Waals surface area contributed by atoms with Crippen molar-refractivity contribution in [3.8, 4) is 0 Å². The van der Waals surface area contributed by atoms with Crippen molar-refractivity contribution in [2.75, 3.05) is 6.54 Å². The van der Waals surface area contributed by atoms with E-state index in [1.807, 2.05) is 0 Å². The van der Waals surface area contributed by atoms with Gasteiger partial charge in [0.1, 0.15) is 0 Å². The fraction of sp³-hybridized carbons (Fsp3) is 0.600. The predicted octanol–water partition coefficient (Wildman–Crippen LogP) is 2.52. The highest BCUT2D eigenvalue weighted by Crippen LogP contribution is 2.30. The molecule has 0 spiro atoms. The molecule has 1 saturated carbocycles. The summed E-state index contributed by atoms with van der Waals surface area (Å²) >= 11 is 5.16. The molecular weight excluding hydrogens is 262 g/mol.